The molecule has 0 saturated heterocycles. The first-order chi connectivity index (χ1) is 8.47. The van der Waals surface area contributed by atoms with Crippen molar-refractivity contribution in [3.8, 4) is 0 Å². The lowest BCUT2D eigenvalue weighted by atomic mass is 10.0. The molecule has 2 aromatic rings. The molecule has 92 valence electrons. The van der Waals surface area contributed by atoms with E-state index in [0.29, 0.717) is 11.5 Å². The van der Waals surface area contributed by atoms with E-state index in [1.54, 1.807) is 30.3 Å². The van der Waals surface area contributed by atoms with Gasteiger partial charge in [0.25, 0.3) is 0 Å². The second kappa shape index (κ2) is 4.64. The molecule has 0 atom stereocenters. The molecule has 0 saturated carbocycles. The van der Waals surface area contributed by atoms with Crippen molar-refractivity contribution in [2.75, 3.05) is 0 Å². The largest absolute Gasteiger partial charge is 0.409 e. The molecule has 1 nitrogen and oxygen atoms in total. The first-order valence-corrected chi connectivity index (χ1v) is 5.25. The summed E-state index contributed by atoms with van der Waals surface area (Å²) in [7, 11) is 0. The number of hydrogen-bond donors (Lipinski definition) is 0. The molecule has 0 radical (unpaired) electrons. The zero-order valence-electron chi connectivity index (χ0n) is 9.24. The third-order valence-corrected chi connectivity index (χ3v) is 2.48. The quantitative estimate of drug-likeness (QED) is 0.578. The maximum atomic E-state index is 12.0. The van der Waals surface area contributed by atoms with Crippen LogP contribution in [-0.2, 0) is 0 Å². The van der Waals surface area contributed by atoms with E-state index in [4.69, 9.17) is 0 Å². The number of benzene rings is 2. The van der Waals surface area contributed by atoms with E-state index >= 15 is 0 Å². The predicted molar refractivity (Wildman–Crippen MR) is 63.5 cm³/mol. The zero-order chi connectivity index (χ0) is 13.2. The van der Waals surface area contributed by atoms with E-state index in [9.17, 15) is 18.0 Å². The van der Waals surface area contributed by atoms with Crippen molar-refractivity contribution in [1.82, 2.24) is 0 Å². The van der Waals surface area contributed by atoms with Crippen molar-refractivity contribution in [2.45, 2.75) is 6.18 Å². The summed E-state index contributed by atoms with van der Waals surface area (Å²) in [6, 6.07) is 12.0. The number of carbonyl (C=O) groups excluding carboxylic acids is 1. The van der Waals surface area contributed by atoms with Crippen molar-refractivity contribution < 1.29 is 18.0 Å². The first-order valence-electron chi connectivity index (χ1n) is 5.25. The second-order valence-corrected chi connectivity index (χ2v) is 3.77. The van der Waals surface area contributed by atoms with Crippen LogP contribution < -0.4 is 0 Å². The molecule has 4 heteroatoms. The summed E-state index contributed by atoms with van der Waals surface area (Å²) in [6.07, 6.45) is -3.96. The second-order valence-electron chi connectivity index (χ2n) is 3.77. The van der Waals surface area contributed by atoms with E-state index in [1.165, 1.54) is 6.07 Å². The molecule has 2 aromatic carbocycles. The maximum Gasteiger partial charge on any atom is 0.409 e. The molecule has 0 aromatic heterocycles. The highest BCUT2D eigenvalue weighted by molar-refractivity contribution is 6.13. The summed E-state index contributed by atoms with van der Waals surface area (Å²) in [4.78, 5) is 11.7. The smallest absolute Gasteiger partial charge is 0.289 e. The Bertz CT molecular complexity index is 606. The van der Waals surface area contributed by atoms with Gasteiger partial charge in [-0.15, -0.1) is 0 Å². The Morgan fingerprint density at radius 2 is 1.67 bits per heavy atom. The Morgan fingerprint density at radius 3 is 2.39 bits per heavy atom. The molecule has 2 rings (SSSR count). The van der Waals surface area contributed by atoms with Crippen LogP contribution in [0.2, 0.25) is 0 Å². The Labute approximate surface area is 102 Å². The van der Waals surface area contributed by atoms with Crippen LogP contribution in [0.25, 0.3) is 10.8 Å². The summed E-state index contributed by atoms with van der Waals surface area (Å²) in [6.45, 7) is 0. The van der Waals surface area contributed by atoms with E-state index in [1.807, 2.05) is 6.07 Å². The van der Waals surface area contributed by atoms with E-state index < -0.39 is 12.0 Å². The maximum absolute atomic E-state index is 12.0. The number of rotatable bonds is 2. The Balaban J connectivity index is 2.43. The van der Waals surface area contributed by atoms with Gasteiger partial charge >= 0.3 is 6.18 Å². The third kappa shape index (κ3) is 2.77. The normalized spacial score (nSPS) is 12.2. The standard InChI is InChI=1S/C14H9F3O/c15-14(16,17)9-8-13(18)12-7-3-5-10-4-1-2-6-11(10)12/h1-9H. The minimum absolute atomic E-state index is 0.0445. The van der Waals surface area contributed by atoms with Crippen molar-refractivity contribution in [1.29, 1.82) is 0 Å². The van der Waals surface area contributed by atoms with Crippen molar-refractivity contribution in [3.63, 3.8) is 0 Å². The van der Waals surface area contributed by atoms with E-state index in [-0.39, 0.29) is 11.6 Å². The number of allylic oxidation sites excluding steroid dienone is 2. The molecule has 18 heavy (non-hydrogen) atoms. The lowest BCUT2D eigenvalue weighted by molar-refractivity contribution is -0.0799. The van der Waals surface area contributed by atoms with Gasteiger partial charge in [0, 0.05) is 11.6 Å². The summed E-state index contributed by atoms with van der Waals surface area (Å²) in [5, 5.41) is 1.47. The highest BCUT2D eigenvalue weighted by atomic mass is 19.4. The molecule has 0 spiro atoms. The number of alkyl halides is 3. The zero-order valence-corrected chi connectivity index (χ0v) is 9.24. The molecule has 0 N–H and O–H groups in total. The lowest BCUT2D eigenvalue weighted by Gasteiger charge is -2.03. The summed E-state index contributed by atoms with van der Waals surface area (Å²) in [5.41, 5.74) is 0.272. The third-order valence-electron chi connectivity index (χ3n) is 2.48. The number of ketones is 1. The van der Waals surface area contributed by atoms with Gasteiger partial charge < -0.3 is 0 Å². The van der Waals surface area contributed by atoms with Crippen LogP contribution in [0.15, 0.2) is 54.6 Å². The van der Waals surface area contributed by atoms with Crippen LogP contribution in [0, 0.1) is 0 Å². The average Bonchev–Trinajstić information content (AvgIpc) is 2.34. The summed E-state index contributed by atoms with van der Waals surface area (Å²) < 4.78 is 36.0. The van der Waals surface area contributed by atoms with Crippen LogP contribution in [0.4, 0.5) is 13.2 Å². The highest BCUT2D eigenvalue weighted by Gasteiger charge is 2.22. The van der Waals surface area contributed by atoms with Crippen LogP contribution in [-0.4, -0.2) is 12.0 Å². The summed E-state index contributed by atoms with van der Waals surface area (Å²) >= 11 is 0. The molecular weight excluding hydrogens is 241 g/mol. The average molecular weight is 250 g/mol. The fourth-order valence-electron chi connectivity index (χ4n) is 1.70. The van der Waals surface area contributed by atoms with E-state index in [2.05, 4.69) is 0 Å². The first kappa shape index (κ1) is 12.4. The molecule has 0 heterocycles. The topological polar surface area (TPSA) is 17.1 Å². The van der Waals surface area contributed by atoms with Crippen molar-refractivity contribution in [2.24, 2.45) is 0 Å². The SMILES string of the molecule is O=C(C=CC(F)(F)F)c1cccc2ccccc12. The van der Waals surface area contributed by atoms with Gasteiger partial charge in [-0.05, 0) is 16.8 Å². The fraction of sp³-hybridized carbons (Fsp3) is 0.0714. The highest BCUT2D eigenvalue weighted by Crippen LogP contribution is 2.21. The van der Waals surface area contributed by atoms with Crippen LogP contribution >= 0.6 is 0 Å². The van der Waals surface area contributed by atoms with Gasteiger partial charge in [0.1, 0.15) is 0 Å². The molecule has 0 fully saturated rings. The number of fused-ring (bicyclic) bond motifs is 1. The van der Waals surface area contributed by atoms with Crippen molar-refractivity contribution >= 4 is 16.6 Å². The Hall–Kier alpha value is -2.10. The van der Waals surface area contributed by atoms with Crippen LogP contribution in [0.5, 0.6) is 0 Å². The van der Waals surface area contributed by atoms with E-state index in [0.717, 1.165) is 5.39 Å². The molecule has 0 aliphatic rings. The van der Waals surface area contributed by atoms with Gasteiger partial charge in [0.05, 0.1) is 0 Å². The summed E-state index contributed by atoms with van der Waals surface area (Å²) in [5.74, 6) is -0.649. The monoisotopic (exact) mass is 250 g/mol. The number of carbonyl (C=O) groups is 1. The minimum atomic E-state index is -4.47. The number of hydrogen-bond acceptors (Lipinski definition) is 1. The minimum Gasteiger partial charge on any atom is -0.289 e. The molecule has 0 aliphatic heterocycles. The Morgan fingerprint density at radius 1 is 1.00 bits per heavy atom. The molecule has 0 unspecified atom stereocenters. The van der Waals surface area contributed by atoms with Crippen LogP contribution in [0.3, 0.4) is 0 Å². The van der Waals surface area contributed by atoms with Crippen LogP contribution in [0.1, 0.15) is 10.4 Å². The number of halogens is 3. The molecular formula is C14H9F3O. The van der Waals surface area contributed by atoms with Crippen molar-refractivity contribution in [3.05, 3.63) is 60.2 Å². The Kier molecular flexibility index (Phi) is 3.19. The van der Waals surface area contributed by atoms with Gasteiger partial charge in [-0.25, -0.2) is 0 Å². The molecule has 0 aliphatic carbocycles. The molecule has 0 amide bonds. The lowest BCUT2D eigenvalue weighted by Crippen LogP contribution is -2.03. The molecule has 0 bridgehead atoms. The van der Waals surface area contributed by atoms with Gasteiger partial charge in [-0.2, -0.15) is 13.2 Å². The van der Waals surface area contributed by atoms with Gasteiger partial charge in [0.2, 0.25) is 0 Å². The fourth-order valence-corrected chi connectivity index (χ4v) is 1.70. The van der Waals surface area contributed by atoms with Gasteiger partial charge in [-0.1, -0.05) is 42.5 Å². The van der Waals surface area contributed by atoms with Gasteiger partial charge in [-0.3, -0.25) is 4.79 Å². The van der Waals surface area contributed by atoms with Gasteiger partial charge in [0.15, 0.2) is 5.78 Å². The predicted octanol–water partition coefficient (Wildman–Crippen LogP) is 4.14.